The minimum absolute atomic E-state index is 0.0376. The summed E-state index contributed by atoms with van der Waals surface area (Å²) in [6, 6.07) is 15.1. The Labute approximate surface area is 173 Å². The lowest BCUT2D eigenvalue weighted by Gasteiger charge is -2.13. The maximum Gasteiger partial charge on any atom is 0.256 e. The molecule has 0 saturated carbocycles. The van der Waals surface area contributed by atoms with Crippen LogP contribution in [0.15, 0.2) is 54.6 Å². The van der Waals surface area contributed by atoms with Crippen LogP contribution in [0.25, 0.3) is 11.1 Å². The van der Waals surface area contributed by atoms with Crippen molar-refractivity contribution in [2.24, 2.45) is 0 Å². The van der Waals surface area contributed by atoms with Crippen molar-refractivity contribution < 1.29 is 19.1 Å². The number of halogens is 1. The van der Waals surface area contributed by atoms with Gasteiger partial charge in [-0.05, 0) is 54.8 Å². The van der Waals surface area contributed by atoms with Gasteiger partial charge < -0.3 is 15.7 Å². The highest BCUT2D eigenvalue weighted by molar-refractivity contribution is 6.05. The smallest absolute Gasteiger partial charge is 0.256 e. The summed E-state index contributed by atoms with van der Waals surface area (Å²) >= 11 is 0. The monoisotopic (exact) mass is 407 g/mol. The van der Waals surface area contributed by atoms with E-state index in [0.29, 0.717) is 5.82 Å². The Balaban J connectivity index is 1.87. The number of benzene rings is 2. The number of hydrogen-bond donors (Lipinski definition) is 3. The minimum Gasteiger partial charge on any atom is -0.396 e. The summed E-state index contributed by atoms with van der Waals surface area (Å²) in [5.41, 5.74) is 3.87. The Hall–Kier alpha value is -3.58. The molecule has 0 bridgehead atoms. The largest absolute Gasteiger partial charge is 0.396 e. The standard InChI is InChI=1S/C23H22FN3O3/c1-14-15(2)25-21(13-20(14)16-6-4-3-5-7-16)27-23(30)17-10-18(24)12-19(11-17)26-22(29)8-9-28/h3-7,10-13,28H,8-9H2,1-2H3,(H,26,29)(H,25,27,30). The van der Waals surface area contributed by atoms with Gasteiger partial charge in [-0.25, -0.2) is 9.37 Å². The molecular weight excluding hydrogens is 385 g/mol. The van der Waals surface area contributed by atoms with Crippen LogP contribution in [0.1, 0.15) is 28.0 Å². The van der Waals surface area contributed by atoms with Crippen LogP contribution in [0, 0.1) is 19.7 Å². The summed E-state index contributed by atoms with van der Waals surface area (Å²) in [5.74, 6) is -1.35. The topological polar surface area (TPSA) is 91.3 Å². The molecule has 30 heavy (non-hydrogen) atoms. The SMILES string of the molecule is Cc1nc(NC(=O)c2cc(F)cc(NC(=O)CCO)c2)cc(-c2ccccc2)c1C. The van der Waals surface area contributed by atoms with E-state index < -0.39 is 17.6 Å². The Morgan fingerprint density at radius 1 is 1.03 bits per heavy atom. The molecule has 3 aromatic rings. The number of hydrogen-bond acceptors (Lipinski definition) is 4. The van der Waals surface area contributed by atoms with Gasteiger partial charge in [-0.2, -0.15) is 0 Å². The Morgan fingerprint density at radius 2 is 1.77 bits per heavy atom. The zero-order valence-corrected chi connectivity index (χ0v) is 16.7. The zero-order chi connectivity index (χ0) is 21.7. The van der Waals surface area contributed by atoms with Gasteiger partial charge in [-0.3, -0.25) is 9.59 Å². The summed E-state index contributed by atoms with van der Waals surface area (Å²) in [6.07, 6.45) is -0.118. The predicted molar refractivity (Wildman–Crippen MR) is 114 cm³/mol. The Morgan fingerprint density at radius 3 is 2.47 bits per heavy atom. The third-order valence-corrected chi connectivity index (χ3v) is 4.62. The van der Waals surface area contributed by atoms with Gasteiger partial charge in [-0.15, -0.1) is 0 Å². The third-order valence-electron chi connectivity index (χ3n) is 4.62. The van der Waals surface area contributed by atoms with Gasteiger partial charge in [0.25, 0.3) is 5.91 Å². The van der Waals surface area contributed by atoms with E-state index in [1.54, 1.807) is 6.07 Å². The summed E-state index contributed by atoms with van der Waals surface area (Å²) in [4.78, 5) is 28.8. The van der Waals surface area contributed by atoms with Gasteiger partial charge in [0.1, 0.15) is 11.6 Å². The molecule has 1 heterocycles. The van der Waals surface area contributed by atoms with Crippen molar-refractivity contribution in [2.75, 3.05) is 17.2 Å². The van der Waals surface area contributed by atoms with Gasteiger partial charge in [-0.1, -0.05) is 30.3 Å². The Kier molecular flexibility index (Phi) is 6.54. The summed E-state index contributed by atoms with van der Waals surface area (Å²) in [5, 5.41) is 14.0. The number of anilines is 2. The van der Waals surface area contributed by atoms with E-state index in [2.05, 4.69) is 15.6 Å². The van der Waals surface area contributed by atoms with E-state index in [1.807, 2.05) is 44.2 Å². The first-order chi connectivity index (χ1) is 14.4. The van der Waals surface area contributed by atoms with Crippen molar-refractivity contribution in [2.45, 2.75) is 20.3 Å². The second-order valence-electron chi connectivity index (χ2n) is 6.84. The van der Waals surface area contributed by atoms with Gasteiger partial charge in [0.2, 0.25) is 5.91 Å². The number of amides is 2. The second kappa shape index (κ2) is 9.28. The number of nitrogens with one attached hydrogen (secondary N) is 2. The van der Waals surface area contributed by atoms with E-state index in [1.165, 1.54) is 6.07 Å². The molecule has 3 rings (SSSR count). The fraction of sp³-hybridized carbons (Fsp3) is 0.174. The van der Waals surface area contributed by atoms with Crippen molar-refractivity contribution in [1.82, 2.24) is 4.98 Å². The molecule has 6 nitrogen and oxygen atoms in total. The van der Waals surface area contributed by atoms with Gasteiger partial charge >= 0.3 is 0 Å². The lowest BCUT2D eigenvalue weighted by atomic mass is 10.00. The molecule has 2 amide bonds. The van der Waals surface area contributed by atoms with Crippen LogP contribution in [-0.2, 0) is 4.79 Å². The molecular formula is C23H22FN3O3. The van der Waals surface area contributed by atoms with E-state index in [0.717, 1.165) is 34.5 Å². The molecule has 0 fully saturated rings. The number of aryl methyl sites for hydroxylation is 1. The average molecular weight is 407 g/mol. The average Bonchev–Trinajstić information content (AvgIpc) is 2.71. The van der Waals surface area contributed by atoms with Crippen LogP contribution in [0.3, 0.4) is 0 Å². The lowest BCUT2D eigenvalue weighted by Crippen LogP contribution is -2.16. The minimum atomic E-state index is -0.667. The summed E-state index contributed by atoms with van der Waals surface area (Å²) in [6.45, 7) is 3.50. The normalized spacial score (nSPS) is 10.5. The summed E-state index contributed by atoms with van der Waals surface area (Å²) < 4.78 is 14.0. The van der Waals surface area contributed by atoms with Crippen LogP contribution in [0.5, 0.6) is 0 Å². The fourth-order valence-corrected chi connectivity index (χ4v) is 3.02. The number of carbonyl (C=O) groups is 2. The molecule has 0 aliphatic heterocycles. The first-order valence-corrected chi connectivity index (χ1v) is 9.43. The number of aliphatic hydroxyl groups excluding tert-OH is 1. The Bertz CT molecular complexity index is 1080. The maximum atomic E-state index is 14.0. The van der Waals surface area contributed by atoms with E-state index in [-0.39, 0.29) is 24.3 Å². The molecule has 1 aromatic heterocycles. The van der Waals surface area contributed by atoms with Crippen LogP contribution in [0.2, 0.25) is 0 Å². The number of rotatable bonds is 6. The molecule has 0 aliphatic carbocycles. The first kappa shape index (κ1) is 21.1. The second-order valence-corrected chi connectivity index (χ2v) is 6.84. The number of carbonyl (C=O) groups excluding carboxylic acids is 2. The van der Waals surface area contributed by atoms with Crippen molar-refractivity contribution in [3.05, 3.63) is 77.2 Å². The molecule has 0 aliphatic rings. The van der Waals surface area contributed by atoms with Crippen molar-refractivity contribution >= 4 is 23.3 Å². The number of aliphatic hydroxyl groups is 1. The number of aromatic nitrogens is 1. The van der Waals surface area contributed by atoms with Crippen molar-refractivity contribution in [3.8, 4) is 11.1 Å². The molecule has 0 saturated heterocycles. The van der Waals surface area contributed by atoms with E-state index in [9.17, 15) is 14.0 Å². The number of nitrogens with zero attached hydrogens (tertiary/aromatic N) is 1. The number of pyridine rings is 1. The van der Waals surface area contributed by atoms with Gasteiger partial charge in [0, 0.05) is 16.9 Å². The molecule has 0 unspecified atom stereocenters. The van der Waals surface area contributed by atoms with E-state index >= 15 is 0 Å². The maximum absolute atomic E-state index is 14.0. The van der Waals surface area contributed by atoms with Crippen molar-refractivity contribution in [1.29, 1.82) is 0 Å². The van der Waals surface area contributed by atoms with E-state index in [4.69, 9.17) is 5.11 Å². The zero-order valence-electron chi connectivity index (χ0n) is 16.7. The molecule has 2 aromatic carbocycles. The third kappa shape index (κ3) is 5.07. The highest BCUT2D eigenvalue weighted by Gasteiger charge is 2.14. The molecule has 7 heteroatoms. The van der Waals surface area contributed by atoms with Crippen LogP contribution in [0.4, 0.5) is 15.9 Å². The molecule has 3 N–H and O–H groups in total. The molecule has 0 spiro atoms. The van der Waals surface area contributed by atoms with Crippen LogP contribution in [-0.4, -0.2) is 28.5 Å². The highest BCUT2D eigenvalue weighted by atomic mass is 19.1. The van der Waals surface area contributed by atoms with Crippen LogP contribution >= 0.6 is 0 Å². The van der Waals surface area contributed by atoms with Gasteiger partial charge in [0.05, 0.1) is 13.0 Å². The summed E-state index contributed by atoms with van der Waals surface area (Å²) in [7, 11) is 0. The molecule has 0 atom stereocenters. The first-order valence-electron chi connectivity index (χ1n) is 9.43. The quantitative estimate of drug-likeness (QED) is 0.574. The molecule has 154 valence electrons. The lowest BCUT2D eigenvalue weighted by molar-refractivity contribution is -0.116. The van der Waals surface area contributed by atoms with Crippen molar-refractivity contribution in [3.63, 3.8) is 0 Å². The van der Waals surface area contributed by atoms with Crippen LogP contribution < -0.4 is 10.6 Å². The molecule has 0 radical (unpaired) electrons. The fourth-order valence-electron chi connectivity index (χ4n) is 3.02. The van der Waals surface area contributed by atoms with Gasteiger partial charge in [0.15, 0.2) is 0 Å². The predicted octanol–water partition coefficient (Wildman–Crippen LogP) is 4.08. The highest BCUT2D eigenvalue weighted by Crippen LogP contribution is 2.27.